The molecule has 1 saturated carbocycles. The van der Waals surface area contributed by atoms with Crippen molar-refractivity contribution in [1.82, 2.24) is 4.98 Å². The van der Waals surface area contributed by atoms with Gasteiger partial charge in [-0.25, -0.2) is 9.37 Å². The molecule has 1 aromatic carbocycles. The third-order valence-electron chi connectivity index (χ3n) is 3.98. The molecule has 0 amide bonds. The molecule has 22 heavy (non-hydrogen) atoms. The van der Waals surface area contributed by atoms with E-state index in [4.69, 9.17) is 16.3 Å². The minimum atomic E-state index is -0.375. The number of hydrogen-bond acceptors (Lipinski definition) is 3. The average molecular weight is 320 g/mol. The van der Waals surface area contributed by atoms with Crippen LogP contribution < -0.4 is 0 Å². The van der Waals surface area contributed by atoms with Gasteiger partial charge in [0.1, 0.15) is 11.0 Å². The molecule has 3 atom stereocenters. The van der Waals surface area contributed by atoms with E-state index in [1.165, 1.54) is 6.07 Å². The Morgan fingerprint density at radius 1 is 1.27 bits per heavy atom. The highest BCUT2D eigenvalue weighted by molar-refractivity contribution is 6.29. The Labute approximate surface area is 133 Å². The first-order valence-electron chi connectivity index (χ1n) is 7.16. The van der Waals surface area contributed by atoms with E-state index in [1.807, 2.05) is 6.07 Å². The quantitative estimate of drug-likeness (QED) is 0.633. The summed E-state index contributed by atoms with van der Waals surface area (Å²) in [6.07, 6.45) is 1.64. The fourth-order valence-electron chi connectivity index (χ4n) is 2.97. The molecule has 0 saturated heterocycles. The number of aromatic nitrogens is 1. The molecule has 0 N–H and O–H groups in total. The summed E-state index contributed by atoms with van der Waals surface area (Å²) in [5, 5.41) is 0.388. The molecule has 3 rings (SSSR count). The van der Waals surface area contributed by atoms with Crippen LogP contribution in [0.1, 0.15) is 29.9 Å². The Morgan fingerprint density at radius 2 is 2.05 bits per heavy atom. The summed E-state index contributed by atoms with van der Waals surface area (Å²) < 4.78 is 19.2. The second-order valence-electron chi connectivity index (χ2n) is 5.27. The van der Waals surface area contributed by atoms with Crippen molar-refractivity contribution in [3.63, 3.8) is 0 Å². The SMILES string of the molecule is CCOC(=O)C1C(c2ccc(Cl)nc2)C1c1ccccc1F. The number of carbonyl (C=O) groups is 1. The molecule has 1 aliphatic carbocycles. The molecular weight excluding hydrogens is 305 g/mol. The predicted octanol–water partition coefficient (Wildman–Crippen LogP) is 3.93. The largest absolute Gasteiger partial charge is 0.466 e. The van der Waals surface area contributed by atoms with E-state index in [0.29, 0.717) is 17.3 Å². The van der Waals surface area contributed by atoms with E-state index in [9.17, 15) is 9.18 Å². The number of benzene rings is 1. The molecule has 3 unspecified atom stereocenters. The average Bonchev–Trinajstić information content (AvgIpc) is 3.24. The minimum Gasteiger partial charge on any atom is -0.466 e. The van der Waals surface area contributed by atoms with Gasteiger partial charge in [-0.2, -0.15) is 0 Å². The second kappa shape index (κ2) is 6.05. The van der Waals surface area contributed by atoms with Crippen LogP contribution >= 0.6 is 11.6 Å². The van der Waals surface area contributed by atoms with Crippen molar-refractivity contribution in [3.8, 4) is 0 Å². The van der Waals surface area contributed by atoms with Gasteiger partial charge in [0.15, 0.2) is 0 Å². The molecule has 0 spiro atoms. The van der Waals surface area contributed by atoms with E-state index in [0.717, 1.165) is 5.56 Å². The minimum absolute atomic E-state index is 0.124. The molecule has 5 heteroatoms. The maximum absolute atomic E-state index is 14.1. The van der Waals surface area contributed by atoms with Crippen LogP contribution in [0, 0.1) is 11.7 Å². The Morgan fingerprint density at radius 3 is 2.68 bits per heavy atom. The van der Waals surface area contributed by atoms with Gasteiger partial charge in [0.25, 0.3) is 0 Å². The molecule has 2 aromatic rings. The van der Waals surface area contributed by atoms with Gasteiger partial charge in [0.2, 0.25) is 0 Å². The maximum Gasteiger partial charge on any atom is 0.310 e. The number of hydrogen-bond donors (Lipinski definition) is 0. The van der Waals surface area contributed by atoms with E-state index >= 15 is 0 Å². The topological polar surface area (TPSA) is 39.2 Å². The lowest BCUT2D eigenvalue weighted by molar-refractivity contribution is -0.144. The van der Waals surface area contributed by atoms with Crippen LogP contribution in [0.4, 0.5) is 4.39 Å². The molecule has 3 nitrogen and oxygen atoms in total. The zero-order chi connectivity index (χ0) is 15.7. The first-order valence-corrected chi connectivity index (χ1v) is 7.53. The summed E-state index contributed by atoms with van der Waals surface area (Å²) >= 11 is 5.80. The summed E-state index contributed by atoms with van der Waals surface area (Å²) in [6.45, 7) is 2.07. The van der Waals surface area contributed by atoms with Crippen LogP contribution in [0.3, 0.4) is 0 Å². The number of carbonyl (C=O) groups excluding carboxylic acids is 1. The summed E-state index contributed by atoms with van der Waals surface area (Å²) in [5.41, 5.74) is 1.41. The summed E-state index contributed by atoms with van der Waals surface area (Å²) in [7, 11) is 0. The van der Waals surface area contributed by atoms with Crippen LogP contribution in [0.5, 0.6) is 0 Å². The van der Waals surface area contributed by atoms with E-state index < -0.39 is 0 Å². The van der Waals surface area contributed by atoms with Gasteiger partial charge in [0, 0.05) is 18.0 Å². The predicted molar refractivity (Wildman–Crippen MR) is 81.3 cm³/mol. The number of pyridine rings is 1. The fraction of sp³-hybridized carbons (Fsp3) is 0.294. The van der Waals surface area contributed by atoms with Crippen molar-refractivity contribution in [2.24, 2.45) is 5.92 Å². The van der Waals surface area contributed by atoms with Gasteiger partial charge in [-0.05, 0) is 30.2 Å². The first kappa shape index (κ1) is 15.0. The Balaban J connectivity index is 1.94. The highest BCUT2D eigenvalue weighted by Gasteiger charge is 2.58. The number of ether oxygens (including phenoxy) is 1. The van der Waals surface area contributed by atoms with Crippen LogP contribution in [0.15, 0.2) is 42.6 Å². The Bertz CT molecular complexity index is 689. The highest BCUT2D eigenvalue weighted by atomic mass is 35.5. The monoisotopic (exact) mass is 319 g/mol. The molecule has 0 bridgehead atoms. The van der Waals surface area contributed by atoms with Crippen LogP contribution in [0.2, 0.25) is 5.15 Å². The molecule has 0 aliphatic heterocycles. The van der Waals surface area contributed by atoms with E-state index in [-0.39, 0.29) is 29.5 Å². The molecule has 1 aromatic heterocycles. The van der Waals surface area contributed by atoms with Gasteiger partial charge in [-0.1, -0.05) is 35.9 Å². The molecule has 0 radical (unpaired) electrons. The van der Waals surface area contributed by atoms with Crippen molar-refractivity contribution in [2.45, 2.75) is 18.8 Å². The van der Waals surface area contributed by atoms with Gasteiger partial charge in [0.05, 0.1) is 12.5 Å². The van der Waals surface area contributed by atoms with E-state index in [2.05, 4.69) is 4.98 Å². The van der Waals surface area contributed by atoms with Gasteiger partial charge in [-0.15, -0.1) is 0 Å². The van der Waals surface area contributed by atoms with Gasteiger partial charge in [-0.3, -0.25) is 4.79 Å². The van der Waals surface area contributed by atoms with Crippen molar-refractivity contribution >= 4 is 17.6 Å². The summed E-state index contributed by atoms with van der Waals surface area (Å²) in [5.74, 6) is -1.31. The standard InChI is InChI=1S/C17H15ClFNO2/c1-2-22-17(21)16-14(10-7-8-13(18)20-9-10)15(16)11-5-3-4-6-12(11)19/h3-9,14-16H,2H2,1H3. The van der Waals surface area contributed by atoms with Crippen molar-refractivity contribution in [2.75, 3.05) is 6.61 Å². The first-order chi connectivity index (χ1) is 10.6. The third-order valence-corrected chi connectivity index (χ3v) is 4.20. The molecular formula is C17H15ClFNO2. The van der Waals surface area contributed by atoms with Crippen LogP contribution in [-0.2, 0) is 9.53 Å². The maximum atomic E-state index is 14.1. The van der Waals surface area contributed by atoms with Crippen LogP contribution in [0.25, 0.3) is 0 Å². The normalized spacial score (nSPS) is 23.1. The third kappa shape index (κ3) is 2.71. The molecule has 114 valence electrons. The van der Waals surface area contributed by atoms with Gasteiger partial charge >= 0.3 is 5.97 Å². The Hall–Kier alpha value is -1.94. The lowest BCUT2D eigenvalue weighted by Gasteiger charge is -2.02. The Kier molecular flexibility index (Phi) is 4.12. The van der Waals surface area contributed by atoms with Crippen molar-refractivity contribution in [3.05, 3.63) is 64.7 Å². The number of esters is 1. The summed E-state index contributed by atoms with van der Waals surface area (Å²) in [4.78, 5) is 16.2. The van der Waals surface area contributed by atoms with Crippen LogP contribution in [-0.4, -0.2) is 17.6 Å². The lowest BCUT2D eigenvalue weighted by atomic mass is 10.1. The van der Waals surface area contributed by atoms with E-state index in [1.54, 1.807) is 37.4 Å². The zero-order valence-corrected chi connectivity index (χ0v) is 12.8. The number of nitrogens with zero attached hydrogens (tertiary/aromatic N) is 1. The van der Waals surface area contributed by atoms with Crippen molar-refractivity contribution in [1.29, 1.82) is 0 Å². The lowest BCUT2D eigenvalue weighted by Crippen LogP contribution is -2.08. The smallest absolute Gasteiger partial charge is 0.310 e. The second-order valence-corrected chi connectivity index (χ2v) is 5.65. The zero-order valence-electron chi connectivity index (χ0n) is 12.0. The number of halogens is 2. The molecule has 1 aliphatic rings. The number of rotatable bonds is 4. The highest BCUT2D eigenvalue weighted by Crippen LogP contribution is 2.61. The molecule has 1 heterocycles. The van der Waals surface area contributed by atoms with Crippen molar-refractivity contribution < 1.29 is 13.9 Å². The van der Waals surface area contributed by atoms with Gasteiger partial charge < -0.3 is 4.74 Å². The molecule has 1 fully saturated rings. The fourth-order valence-corrected chi connectivity index (χ4v) is 3.09. The summed E-state index contributed by atoms with van der Waals surface area (Å²) in [6, 6.07) is 10.0.